The largest absolute Gasteiger partial charge is 0.478 e. The Morgan fingerprint density at radius 1 is 1.17 bits per heavy atom. The zero-order valence-corrected chi connectivity index (χ0v) is 15.9. The smallest absolute Gasteiger partial charge is 0.335 e. The molecule has 29 heavy (non-hydrogen) atoms. The molecule has 7 nitrogen and oxygen atoms in total. The summed E-state index contributed by atoms with van der Waals surface area (Å²) in [5.41, 5.74) is 2.76. The predicted molar refractivity (Wildman–Crippen MR) is 108 cm³/mol. The summed E-state index contributed by atoms with van der Waals surface area (Å²) in [6, 6.07) is 11.6. The normalized spacial score (nSPS) is 16.4. The van der Waals surface area contributed by atoms with E-state index in [1.165, 1.54) is 17.1 Å². The van der Waals surface area contributed by atoms with Gasteiger partial charge in [-0.3, -0.25) is 4.79 Å². The predicted octanol–water partition coefficient (Wildman–Crippen LogP) is 4.09. The lowest BCUT2D eigenvalue weighted by Gasteiger charge is -2.11. The minimum Gasteiger partial charge on any atom is -0.478 e. The SMILES string of the molecule is CCCCC1=NN(c2ccc(C(=O)O)cc2)C(=O)/C1=C\c1ccc2c(c1)OCO2. The number of carboxylic acids is 1. The highest BCUT2D eigenvalue weighted by Gasteiger charge is 2.31. The zero-order chi connectivity index (χ0) is 20.4. The molecule has 0 saturated heterocycles. The molecule has 148 valence electrons. The number of unbranched alkanes of at least 4 members (excludes halogenated alkanes) is 1. The molecule has 2 aromatic carbocycles. The van der Waals surface area contributed by atoms with Gasteiger partial charge in [-0.1, -0.05) is 19.4 Å². The number of ether oxygens (including phenoxy) is 2. The Morgan fingerprint density at radius 2 is 1.93 bits per heavy atom. The number of nitrogens with zero attached hydrogens (tertiary/aromatic N) is 2. The number of hydrogen-bond acceptors (Lipinski definition) is 5. The molecule has 1 N–H and O–H groups in total. The van der Waals surface area contributed by atoms with Gasteiger partial charge in [0.15, 0.2) is 11.5 Å². The zero-order valence-electron chi connectivity index (χ0n) is 15.9. The van der Waals surface area contributed by atoms with Crippen LogP contribution in [0.4, 0.5) is 5.69 Å². The number of carboxylic acid groups (broad SMARTS) is 1. The van der Waals surface area contributed by atoms with Crippen LogP contribution in [0, 0.1) is 0 Å². The molecule has 2 heterocycles. The number of rotatable bonds is 6. The van der Waals surface area contributed by atoms with E-state index in [0.717, 1.165) is 24.1 Å². The minimum absolute atomic E-state index is 0.159. The highest BCUT2D eigenvalue weighted by molar-refractivity contribution is 6.32. The highest BCUT2D eigenvalue weighted by atomic mass is 16.7. The summed E-state index contributed by atoms with van der Waals surface area (Å²) in [6.07, 6.45) is 4.39. The van der Waals surface area contributed by atoms with Crippen LogP contribution in [0.2, 0.25) is 0 Å². The van der Waals surface area contributed by atoms with Crippen molar-refractivity contribution < 1.29 is 24.2 Å². The van der Waals surface area contributed by atoms with Crippen LogP contribution in [0.25, 0.3) is 6.08 Å². The third-order valence-corrected chi connectivity index (χ3v) is 4.79. The van der Waals surface area contributed by atoms with Crippen LogP contribution in [0.15, 0.2) is 53.1 Å². The van der Waals surface area contributed by atoms with Gasteiger partial charge >= 0.3 is 5.97 Å². The number of anilines is 1. The number of carbonyl (C=O) groups excluding carboxylic acids is 1. The lowest BCUT2D eigenvalue weighted by molar-refractivity contribution is -0.114. The molecule has 1 amide bonds. The summed E-state index contributed by atoms with van der Waals surface area (Å²) in [6.45, 7) is 2.28. The molecule has 0 saturated carbocycles. The maximum atomic E-state index is 13.1. The molecule has 2 aromatic rings. The Bertz CT molecular complexity index is 1020. The summed E-state index contributed by atoms with van der Waals surface area (Å²) < 4.78 is 10.8. The van der Waals surface area contributed by atoms with Gasteiger partial charge in [0, 0.05) is 0 Å². The van der Waals surface area contributed by atoms with Gasteiger partial charge in [0.05, 0.1) is 22.5 Å². The van der Waals surface area contributed by atoms with Crippen molar-refractivity contribution in [2.75, 3.05) is 11.8 Å². The molecule has 0 fully saturated rings. The van der Waals surface area contributed by atoms with Gasteiger partial charge in [-0.2, -0.15) is 10.1 Å². The number of benzene rings is 2. The van der Waals surface area contributed by atoms with Gasteiger partial charge in [-0.25, -0.2) is 4.79 Å². The van der Waals surface area contributed by atoms with Crippen LogP contribution in [-0.2, 0) is 4.79 Å². The number of hydrogen-bond donors (Lipinski definition) is 1. The summed E-state index contributed by atoms with van der Waals surface area (Å²) in [4.78, 5) is 24.2. The number of carbonyl (C=O) groups is 2. The Kier molecular flexibility index (Phi) is 5.03. The molecule has 0 unspecified atom stereocenters. The van der Waals surface area contributed by atoms with Gasteiger partial charge < -0.3 is 14.6 Å². The second kappa shape index (κ2) is 7.79. The molecule has 0 atom stereocenters. The van der Waals surface area contributed by atoms with E-state index in [2.05, 4.69) is 12.0 Å². The number of hydrazone groups is 1. The van der Waals surface area contributed by atoms with E-state index < -0.39 is 5.97 Å². The minimum atomic E-state index is -1.01. The first-order valence-corrected chi connectivity index (χ1v) is 9.44. The molecule has 4 rings (SSSR count). The lowest BCUT2D eigenvalue weighted by Crippen LogP contribution is -2.21. The first-order chi connectivity index (χ1) is 14.1. The van der Waals surface area contributed by atoms with Gasteiger partial charge in [0.2, 0.25) is 6.79 Å². The van der Waals surface area contributed by atoms with Crippen LogP contribution < -0.4 is 14.5 Å². The number of fused-ring (bicyclic) bond motifs is 1. The van der Waals surface area contributed by atoms with Crippen LogP contribution >= 0.6 is 0 Å². The molecular formula is C22H20N2O5. The van der Waals surface area contributed by atoms with Gasteiger partial charge in [-0.05, 0) is 60.9 Å². The molecule has 2 aliphatic heterocycles. The first kappa shape index (κ1) is 18.7. The third kappa shape index (κ3) is 3.71. The molecule has 0 aromatic heterocycles. The van der Waals surface area contributed by atoms with Gasteiger partial charge in [0.25, 0.3) is 5.91 Å². The quantitative estimate of drug-likeness (QED) is 0.748. The lowest BCUT2D eigenvalue weighted by atomic mass is 10.0. The maximum absolute atomic E-state index is 13.1. The fourth-order valence-corrected chi connectivity index (χ4v) is 3.22. The Hall–Kier alpha value is -3.61. The van der Waals surface area contributed by atoms with E-state index in [0.29, 0.717) is 29.2 Å². The van der Waals surface area contributed by atoms with Crippen LogP contribution in [0.3, 0.4) is 0 Å². The van der Waals surface area contributed by atoms with E-state index >= 15 is 0 Å². The molecular weight excluding hydrogens is 372 g/mol. The summed E-state index contributed by atoms with van der Waals surface area (Å²) in [7, 11) is 0. The van der Waals surface area contributed by atoms with Crippen molar-refractivity contribution >= 4 is 29.4 Å². The van der Waals surface area contributed by atoms with Crippen molar-refractivity contribution in [1.29, 1.82) is 0 Å². The van der Waals surface area contributed by atoms with Gasteiger partial charge in [0.1, 0.15) is 0 Å². The Balaban J connectivity index is 1.67. The Labute approximate surface area is 167 Å². The topological polar surface area (TPSA) is 88.4 Å². The molecule has 7 heteroatoms. The van der Waals surface area contributed by atoms with Crippen molar-refractivity contribution in [3.8, 4) is 11.5 Å². The first-order valence-electron chi connectivity index (χ1n) is 9.44. The van der Waals surface area contributed by atoms with E-state index in [-0.39, 0.29) is 18.3 Å². The fourth-order valence-electron chi connectivity index (χ4n) is 3.22. The van der Waals surface area contributed by atoms with E-state index in [1.807, 2.05) is 24.3 Å². The Morgan fingerprint density at radius 3 is 2.66 bits per heavy atom. The van der Waals surface area contributed by atoms with Crippen molar-refractivity contribution in [2.24, 2.45) is 5.10 Å². The van der Waals surface area contributed by atoms with Crippen molar-refractivity contribution in [1.82, 2.24) is 0 Å². The van der Waals surface area contributed by atoms with Crippen LogP contribution in [0.1, 0.15) is 42.1 Å². The molecule has 0 spiro atoms. The number of amides is 1. The van der Waals surface area contributed by atoms with Gasteiger partial charge in [-0.15, -0.1) is 0 Å². The second-order valence-electron chi connectivity index (χ2n) is 6.79. The summed E-state index contributed by atoms with van der Waals surface area (Å²) in [5.74, 6) is 0.0829. The average Bonchev–Trinajstić information content (AvgIpc) is 3.31. The monoisotopic (exact) mass is 392 g/mol. The van der Waals surface area contributed by atoms with Crippen LogP contribution in [-0.4, -0.2) is 29.5 Å². The molecule has 2 aliphatic rings. The van der Waals surface area contributed by atoms with E-state index in [4.69, 9.17) is 14.6 Å². The fraction of sp³-hybridized carbons (Fsp3) is 0.227. The number of aromatic carboxylic acids is 1. The summed E-state index contributed by atoms with van der Waals surface area (Å²) >= 11 is 0. The third-order valence-electron chi connectivity index (χ3n) is 4.79. The van der Waals surface area contributed by atoms with Crippen molar-refractivity contribution in [3.63, 3.8) is 0 Å². The average molecular weight is 392 g/mol. The second-order valence-corrected chi connectivity index (χ2v) is 6.79. The van der Waals surface area contributed by atoms with Crippen molar-refractivity contribution in [3.05, 3.63) is 59.2 Å². The van der Waals surface area contributed by atoms with E-state index in [1.54, 1.807) is 12.1 Å². The molecule has 0 aliphatic carbocycles. The molecule has 0 bridgehead atoms. The van der Waals surface area contributed by atoms with Crippen molar-refractivity contribution in [2.45, 2.75) is 26.2 Å². The standard InChI is InChI=1S/C22H20N2O5/c1-2-3-4-18-17(11-14-5-10-19-20(12-14)29-13-28-19)21(25)24(23-18)16-8-6-15(7-9-16)22(26)27/h5-12H,2-4,13H2,1H3,(H,26,27)/b17-11-. The summed E-state index contributed by atoms with van der Waals surface area (Å²) in [5, 5.41) is 14.9. The van der Waals surface area contributed by atoms with Crippen LogP contribution in [0.5, 0.6) is 11.5 Å². The van der Waals surface area contributed by atoms with E-state index in [9.17, 15) is 9.59 Å². The highest BCUT2D eigenvalue weighted by Crippen LogP contribution is 2.34. The molecule has 0 radical (unpaired) electrons. The maximum Gasteiger partial charge on any atom is 0.335 e.